The molecule has 0 atom stereocenters. The van der Waals surface area contributed by atoms with Gasteiger partial charge < -0.3 is 0 Å². The Morgan fingerprint density at radius 2 is 1.83 bits per heavy atom. The van der Waals surface area contributed by atoms with Crippen LogP contribution in [0.25, 0.3) is 0 Å². The average Bonchev–Trinajstić information content (AvgIpc) is 2.10. The van der Waals surface area contributed by atoms with Gasteiger partial charge >= 0.3 is 0 Å². The molecule has 0 N–H and O–H groups in total. The van der Waals surface area contributed by atoms with Crippen LogP contribution in [-0.2, 0) is 0 Å². The van der Waals surface area contributed by atoms with E-state index >= 15 is 0 Å². The third-order valence-corrected chi connectivity index (χ3v) is 1.21. The molecule has 0 fully saturated rings. The number of rotatable bonds is 5. The van der Waals surface area contributed by atoms with E-state index in [1.165, 1.54) is 0 Å². The lowest BCUT2D eigenvalue weighted by Crippen LogP contribution is -1.62. The summed E-state index contributed by atoms with van der Waals surface area (Å²) in [5, 5.41) is 0. The summed E-state index contributed by atoms with van der Waals surface area (Å²) in [6.45, 7) is 3.56. The van der Waals surface area contributed by atoms with E-state index < -0.39 is 0 Å². The van der Waals surface area contributed by atoms with Gasteiger partial charge in [-0.3, -0.25) is 0 Å². The highest BCUT2D eigenvalue weighted by atomic mass is 13.8. The Hall–Kier alpha value is -1.48. The quantitative estimate of drug-likeness (QED) is 0.327. The van der Waals surface area contributed by atoms with Gasteiger partial charge in [0.1, 0.15) is 0 Å². The highest BCUT2D eigenvalue weighted by Gasteiger charge is 1.72. The fraction of sp³-hybridized carbons (Fsp3) is 0.167. The van der Waals surface area contributed by atoms with Crippen molar-refractivity contribution < 1.29 is 0 Å². The van der Waals surface area contributed by atoms with Crippen LogP contribution in [0.1, 0.15) is 12.8 Å². The van der Waals surface area contributed by atoms with Crippen LogP contribution in [0.15, 0.2) is 49.1 Å². The maximum absolute atomic E-state index is 5.03. The molecule has 0 aliphatic heterocycles. The highest BCUT2D eigenvalue weighted by molar-refractivity contribution is 5.10. The van der Waals surface area contributed by atoms with Crippen molar-refractivity contribution in [3.05, 3.63) is 49.1 Å². The topological polar surface area (TPSA) is 0 Å². The van der Waals surface area contributed by atoms with Crippen LogP contribution in [0.5, 0.6) is 0 Å². The van der Waals surface area contributed by atoms with Gasteiger partial charge in [-0.2, -0.15) is 0 Å². The van der Waals surface area contributed by atoms with Crippen molar-refractivity contribution in [3.8, 4) is 12.3 Å². The van der Waals surface area contributed by atoms with E-state index in [1.807, 2.05) is 24.3 Å². The fourth-order valence-electron chi connectivity index (χ4n) is 0.661. The molecule has 0 aliphatic carbocycles. The van der Waals surface area contributed by atoms with E-state index in [4.69, 9.17) is 6.42 Å². The standard InChI is InChI=1S/C12H14/c1-3-5-7-9-11-12-10-8-6-4-2/h1,4-8,10,12H,2,9,11H2/b7-5+,8-6-,12-10-. The molecule has 0 amide bonds. The van der Waals surface area contributed by atoms with E-state index in [9.17, 15) is 0 Å². The second kappa shape index (κ2) is 9.52. The van der Waals surface area contributed by atoms with Crippen LogP contribution < -0.4 is 0 Å². The molecule has 0 spiro atoms. The largest absolute Gasteiger partial charge is 0.115 e. The maximum atomic E-state index is 5.03. The average molecular weight is 158 g/mol. The Bertz CT molecular complexity index is 221. The zero-order valence-corrected chi connectivity index (χ0v) is 7.24. The first-order valence-electron chi connectivity index (χ1n) is 3.97. The minimum atomic E-state index is 1.00. The van der Waals surface area contributed by atoms with Gasteiger partial charge in [0, 0.05) is 0 Å². The molecule has 12 heavy (non-hydrogen) atoms. The van der Waals surface area contributed by atoms with Crippen molar-refractivity contribution in [2.45, 2.75) is 12.8 Å². The molecule has 0 saturated carbocycles. The van der Waals surface area contributed by atoms with Gasteiger partial charge in [-0.15, -0.1) is 6.42 Å². The summed E-state index contributed by atoms with van der Waals surface area (Å²) in [5.74, 6) is 2.45. The Labute approximate surface area is 75.0 Å². The fourth-order valence-corrected chi connectivity index (χ4v) is 0.661. The monoisotopic (exact) mass is 158 g/mol. The molecule has 0 aromatic heterocycles. The van der Waals surface area contributed by atoms with E-state index in [-0.39, 0.29) is 0 Å². The SMILES string of the molecule is C#C/C=C/CC/C=C\C=C/C=C. The second-order valence-electron chi connectivity index (χ2n) is 2.20. The van der Waals surface area contributed by atoms with Crippen molar-refractivity contribution in [2.24, 2.45) is 0 Å². The van der Waals surface area contributed by atoms with Crippen molar-refractivity contribution in [2.75, 3.05) is 0 Å². The smallest absolute Gasteiger partial charge is 0.0161 e. The molecule has 0 heterocycles. The molecule has 0 heteroatoms. The molecular formula is C12H14. The van der Waals surface area contributed by atoms with Crippen LogP contribution in [0, 0.1) is 12.3 Å². The molecule has 62 valence electrons. The van der Waals surface area contributed by atoms with E-state index in [2.05, 4.69) is 18.6 Å². The molecule has 0 aromatic rings. The Balaban J connectivity index is 3.37. The van der Waals surface area contributed by atoms with E-state index in [0.717, 1.165) is 12.8 Å². The van der Waals surface area contributed by atoms with Gasteiger partial charge in [0.05, 0.1) is 0 Å². The molecule has 0 aromatic carbocycles. The lowest BCUT2D eigenvalue weighted by molar-refractivity contribution is 1.05. The maximum Gasteiger partial charge on any atom is -0.0161 e. The third-order valence-electron chi connectivity index (χ3n) is 1.21. The van der Waals surface area contributed by atoms with Gasteiger partial charge in [0.25, 0.3) is 0 Å². The summed E-state index contributed by atoms with van der Waals surface area (Å²) in [6.07, 6.45) is 20.5. The zero-order valence-electron chi connectivity index (χ0n) is 7.24. The molecule has 0 saturated heterocycles. The number of hydrogen-bond acceptors (Lipinski definition) is 0. The normalized spacial score (nSPS) is 11.2. The van der Waals surface area contributed by atoms with Gasteiger partial charge in [-0.25, -0.2) is 0 Å². The van der Waals surface area contributed by atoms with E-state index in [0.29, 0.717) is 0 Å². The summed E-state index contributed by atoms with van der Waals surface area (Å²) < 4.78 is 0. The van der Waals surface area contributed by atoms with Gasteiger partial charge in [0.2, 0.25) is 0 Å². The number of terminal acetylenes is 1. The predicted molar refractivity (Wildman–Crippen MR) is 55.7 cm³/mol. The van der Waals surface area contributed by atoms with Crippen LogP contribution in [0.4, 0.5) is 0 Å². The van der Waals surface area contributed by atoms with Crippen molar-refractivity contribution in [1.82, 2.24) is 0 Å². The molecule has 0 rings (SSSR count). The van der Waals surface area contributed by atoms with Crippen molar-refractivity contribution in [1.29, 1.82) is 0 Å². The first-order chi connectivity index (χ1) is 5.91. The second-order valence-corrected chi connectivity index (χ2v) is 2.20. The summed E-state index contributed by atoms with van der Waals surface area (Å²) in [7, 11) is 0. The molecule has 0 aliphatic rings. The van der Waals surface area contributed by atoms with Crippen molar-refractivity contribution in [3.63, 3.8) is 0 Å². The zero-order chi connectivity index (χ0) is 9.07. The van der Waals surface area contributed by atoms with Crippen LogP contribution in [-0.4, -0.2) is 0 Å². The molecule has 0 unspecified atom stereocenters. The Kier molecular flexibility index (Phi) is 8.35. The lowest BCUT2D eigenvalue weighted by atomic mass is 10.2. The first-order valence-corrected chi connectivity index (χ1v) is 3.97. The van der Waals surface area contributed by atoms with Crippen LogP contribution in [0.2, 0.25) is 0 Å². The summed E-state index contributed by atoms with van der Waals surface area (Å²) >= 11 is 0. The number of allylic oxidation sites excluding steroid dienone is 7. The number of unbranched alkanes of at least 4 members (excludes halogenated alkanes) is 1. The van der Waals surface area contributed by atoms with Gasteiger partial charge in [-0.1, -0.05) is 49.0 Å². The molecule has 0 radical (unpaired) electrons. The van der Waals surface area contributed by atoms with Crippen molar-refractivity contribution >= 4 is 0 Å². The minimum Gasteiger partial charge on any atom is -0.115 e. The molecular weight excluding hydrogens is 144 g/mol. The molecule has 0 nitrogen and oxygen atoms in total. The summed E-state index contributed by atoms with van der Waals surface area (Å²) in [4.78, 5) is 0. The highest BCUT2D eigenvalue weighted by Crippen LogP contribution is 1.92. The van der Waals surface area contributed by atoms with Gasteiger partial charge in [-0.05, 0) is 18.9 Å². The Morgan fingerprint density at radius 1 is 1.08 bits per heavy atom. The van der Waals surface area contributed by atoms with E-state index in [1.54, 1.807) is 12.2 Å². The predicted octanol–water partition coefficient (Wildman–Crippen LogP) is 3.25. The molecule has 0 bridgehead atoms. The third kappa shape index (κ3) is 8.52. The Morgan fingerprint density at radius 3 is 2.50 bits per heavy atom. The van der Waals surface area contributed by atoms with Crippen LogP contribution >= 0.6 is 0 Å². The summed E-state index contributed by atoms with van der Waals surface area (Å²) in [6, 6.07) is 0. The lowest BCUT2D eigenvalue weighted by Gasteiger charge is -1.82. The van der Waals surface area contributed by atoms with Crippen LogP contribution in [0.3, 0.4) is 0 Å². The summed E-state index contributed by atoms with van der Waals surface area (Å²) in [5.41, 5.74) is 0. The number of hydrogen-bond donors (Lipinski definition) is 0. The minimum absolute atomic E-state index is 1.00. The first kappa shape index (κ1) is 10.5. The van der Waals surface area contributed by atoms with Gasteiger partial charge in [0.15, 0.2) is 0 Å².